The van der Waals surface area contributed by atoms with E-state index in [2.05, 4.69) is 24.3 Å². The monoisotopic (exact) mass is 539 g/mol. The van der Waals surface area contributed by atoms with Crippen LogP contribution in [0.25, 0.3) is 76.8 Å². The van der Waals surface area contributed by atoms with Gasteiger partial charge in [-0.2, -0.15) is 0 Å². The van der Waals surface area contributed by atoms with Gasteiger partial charge in [-0.3, -0.25) is 0 Å². The van der Waals surface area contributed by atoms with Crippen molar-refractivity contribution in [3.63, 3.8) is 0 Å². The van der Waals surface area contributed by atoms with Crippen molar-refractivity contribution in [3.05, 3.63) is 170 Å². The van der Waals surface area contributed by atoms with E-state index in [1.807, 2.05) is 103 Å². The highest BCUT2D eigenvalue weighted by Crippen LogP contribution is 2.45. The number of hydrogen-bond donors (Lipinski definition) is 0. The molecule has 0 aromatic heterocycles. The minimum Gasteiger partial charge on any atom is -0.0622 e. The molecule has 8 rings (SSSR count). The lowest BCUT2D eigenvalue weighted by Crippen LogP contribution is -1.92. The Morgan fingerprint density at radius 2 is 0.881 bits per heavy atom. The average molecular weight is 540 g/mol. The summed E-state index contributed by atoms with van der Waals surface area (Å²) in [5.74, 6) is 0. The van der Waals surface area contributed by atoms with Crippen LogP contribution in [0.5, 0.6) is 0 Å². The molecule has 0 aliphatic rings. The molecule has 8 aromatic rings. The molecule has 0 amide bonds. The van der Waals surface area contributed by atoms with Gasteiger partial charge >= 0.3 is 0 Å². The molecule has 0 nitrogen and oxygen atoms in total. The summed E-state index contributed by atoms with van der Waals surface area (Å²) in [7, 11) is 0. The molecule has 0 saturated carbocycles. The van der Waals surface area contributed by atoms with Crippen molar-refractivity contribution in [1.29, 1.82) is 0 Å². The fourth-order valence-electron chi connectivity index (χ4n) is 5.94. The van der Waals surface area contributed by atoms with E-state index in [0.717, 1.165) is 21.9 Å². The molecule has 0 radical (unpaired) electrons. The van der Waals surface area contributed by atoms with Gasteiger partial charge in [0.05, 0.1) is 9.60 Å². The van der Waals surface area contributed by atoms with Crippen LogP contribution in [0.2, 0.25) is 0 Å². The Kier molecular flexibility index (Phi) is 4.38. The van der Waals surface area contributed by atoms with Crippen molar-refractivity contribution in [1.82, 2.24) is 0 Å². The van der Waals surface area contributed by atoms with Gasteiger partial charge in [-0.25, -0.2) is 0 Å². The molecule has 0 atom stereocenters. The Morgan fingerprint density at radius 3 is 1.62 bits per heavy atom. The minimum absolute atomic E-state index is 0.0315. The van der Waals surface area contributed by atoms with E-state index in [1.165, 1.54) is 0 Å². The van der Waals surface area contributed by atoms with Crippen LogP contribution >= 0.6 is 0 Å². The van der Waals surface area contributed by atoms with Gasteiger partial charge in [0.1, 0.15) is 0 Å². The highest BCUT2D eigenvalue weighted by Gasteiger charge is 2.17. The molecule has 0 aliphatic carbocycles. The highest BCUT2D eigenvalue weighted by atomic mass is 14.2. The van der Waals surface area contributed by atoms with Crippen molar-refractivity contribution in [2.45, 2.75) is 0 Å². The summed E-state index contributed by atoms with van der Waals surface area (Å²) in [4.78, 5) is 0. The van der Waals surface area contributed by atoms with Crippen molar-refractivity contribution >= 4 is 32.3 Å². The van der Waals surface area contributed by atoms with Crippen LogP contribution in [0.15, 0.2) is 170 Å². The van der Waals surface area contributed by atoms with Gasteiger partial charge < -0.3 is 0 Å². The zero-order valence-electron chi connectivity index (χ0n) is 29.6. The summed E-state index contributed by atoms with van der Waals surface area (Å²) >= 11 is 0. The lowest BCUT2D eigenvalue weighted by atomic mass is 9.84. The Labute approximate surface area is 256 Å². The molecule has 0 N–H and O–H groups in total. The normalized spacial score (nSPS) is 13.7. The molecule has 0 aliphatic heterocycles. The van der Waals surface area contributed by atoms with Crippen LogP contribution in [-0.4, -0.2) is 0 Å². The first-order valence-electron chi connectivity index (χ1n) is 17.5. The second kappa shape index (κ2) is 10.2. The molecule has 0 heteroatoms. The van der Waals surface area contributed by atoms with E-state index < -0.39 is 0 Å². The maximum Gasteiger partial charge on any atom is 0.0636 e. The van der Waals surface area contributed by atoms with Crippen LogP contribution in [0, 0.1) is 0 Å². The van der Waals surface area contributed by atoms with Gasteiger partial charge in [0, 0.05) is 0 Å². The SMILES string of the molecule is [2H]c1c([2H])c([2H])c2c(-c3ccccc3)c3c([2H])c(-c4ccccc4)c([2H])c([2H])c3c(-c3ccc(-c4cccc5ccccc45)cc3)c2c1[2H]. The van der Waals surface area contributed by atoms with E-state index in [9.17, 15) is 6.85 Å². The largest absolute Gasteiger partial charge is 0.0636 e. The maximum absolute atomic E-state index is 9.69. The third kappa shape index (κ3) is 4.08. The first kappa shape index (κ1) is 18.1. The van der Waals surface area contributed by atoms with Gasteiger partial charge in [0.25, 0.3) is 0 Å². The Morgan fingerprint density at radius 1 is 0.333 bits per heavy atom. The number of benzene rings is 8. The smallest absolute Gasteiger partial charge is 0.0622 e. The zero-order chi connectivity index (χ0) is 34.0. The predicted octanol–water partition coefficient (Wildman–Crippen LogP) is 11.8. The van der Waals surface area contributed by atoms with Crippen molar-refractivity contribution in [3.8, 4) is 44.5 Å². The minimum atomic E-state index is -0.380. The van der Waals surface area contributed by atoms with Crippen molar-refractivity contribution in [2.75, 3.05) is 0 Å². The summed E-state index contributed by atoms with van der Waals surface area (Å²) in [6.07, 6.45) is 0. The summed E-state index contributed by atoms with van der Waals surface area (Å²) in [6, 6.07) is 39.2. The number of rotatable bonds is 4. The van der Waals surface area contributed by atoms with Gasteiger partial charge in [0.2, 0.25) is 0 Å². The zero-order valence-corrected chi connectivity index (χ0v) is 22.6. The van der Waals surface area contributed by atoms with Crippen LogP contribution in [-0.2, 0) is 0 Å². The predicted molar refractivity (Wildman–Crippen MR) is 181 cm³/mol. The lowest BCUT2D eigenvalue weighted by Gasteiger charge is -2.19. The fraction of sp³-hybridized carbons (Fsp3) is 0. The van der Waals surface area contributed by atoms with Crippen molar-refractivity contribution < 1.29 is 9.60 Å². The summed E-state index contributed by atoms with van der Waals surface area (Å²) in [5, 5.41) is 3.44. The van der Waals surface area contributed by atoms with Gasteiger partial charge in [-0.1, -0.05) is 164 Å². The molecular weight excluding hydrogens is 504 g/mol. The standard InChI is InChI=1S/C42H28/c1-3-12-29(13-4-1)34-26-27-39-40(28-34)42(32-15-5-2-6-16-32)38-20-10-9-19-37(38)41(39)33-24-22-31(23-25-33)36-21-11-17-30-14-7-8-18-35(30)36/h1-28H/i9D,10D,19D,20D,26D,27D,28D. The van der Waals surface area contributed by atoms with Crippen LogP contribution in [0.3, 0.4) is 0 Å². The molecule has 0 heterocycles. The maximum atomic E-state index is 9.69. The Balaban J connectivity index is 1.56. The second-order valence-electron chi connectivity index (χ2n) is 10.3. The molecule has 8 aromatic carbocycles. The van der Waals surface area contributed by atoms with Crippen LogP contribution < -0.4 is 0 Å². The van der Waals surface area contributed by atoms with Gasteiger partial charge in [0.15, 0.2) is 0 Å². The summed E-state index contributed by atoms with van der Waals surface area (Å²) in [6.45, 7) is 0. The number of fused-ring (bicyclic) bond motifs is 3. The molecule has 0 fully saturated rings. The van der Waals surface area contributed by atoms with Crippen LogP contribution in [0.4, 0.5) is 0 Å². The fourth-order valence-corrected chi connectivity index (χ4v) is 5.94. The van der Waals surface area contributed by atoms with Gasteiger partial charge in [-0.05, 0) is 82.9 Å². The van der Waals surface area contributed by atoms with Gasteiger partial charge in [-0.15, -0.1) is 0 Å². The molecule has 42 heavy (non-hydrogen) atoms. The summed E-state index contributed by atoms with van der Waals surface area (Å²) < 4.78 is 64.3. The first-order valence-corrected chi connectivity index (χ1v) is 14.0. The van der Waals surface area contributed by atoms with E-state index in [1.54, 1.807) is 0 Å². The van der Waals surface area contributed by atoms with E-state index in [4.69, 9.17) is 2.74 Å². The molecule has 0 unspecified atom stereocenters. The second-order valence-corrected chi connectivity index (χ2v) is 10.3. The first-order chi connectivity index (χ1) is 23.8. The Bertz CT molecular complexity index is 2590. The topological polar surface area (TPSA) is 0 Å². The van der Waals surface area contributed by atoms with Crippen LogP contribution in [0.1, 0.15) is 9.60 Å². The number of hydrogen-bond acceptors (Lipinski definition) is 0. The molecule has 0 spiro atoms. The Hall–Kier alpha value is -5.46. The average Bonchev–Trinajstić information content (AvgIpc) is 3.15. The summed E-state index contributed by atoms with van der Waals surface area (Å²) in [5.41, 5.74) is 5.09. The molecule has 0 saturated heterocycles. The van der Waals surface area contributed by atoms with E-state index in [-0.39, 0.29) is 53.1 Å². The molecular formula is C42H28. The highest BCUT2D eigenvalue weighted by molar-refractivity contribution is 6.22. The third-order valence-electron chi connectivity index (χ3n) is 7.90. The molecule has 196 valence electrons. The third-order valence-corrected chi connectivity index (χ3v) is 7.90. The van der Waals surface area contributed by atoms with Crippen molar-refractivity contribution in [2.24, 2.45) is 0 Å². The van der Waals surface area contributed by atoms with E-state index >= 15 is 0 Å². The lowest BCUT2D eigenvalue weighted by molar-refractivity contribution is 1.62. The molecule has 0 bridgehead atoms. The van der Waals surface area contributed by atoms with E-state index in [0.29, 0.717) is 44.2 Å². The quantitative estimate of drug-likeness (QED) is 0.195.